The number of likely N-dealkylation sites (N-methyl/N-ethyl adjacent to an activating group) is 1. The minimum absolute atomic E-state index is 0.0837. The maximum Gasteiger partial charge on any atom is 0.244 e. The largest absolute Gasteiger partial charge is 0.330 e. The van der Waals surface area contributed by atoms with E-state index in [4.69, 9.17) is 5.73 Å². The summed E-state index contributed by atoms with van der Waals surface area (Å²) in [6.07, 6.45) is 0.719. The van der Waals surface area contributed by atoms with Gasteiger partial charge < -0.3 is 10.6 Å². The normalized spacial score (nSPS) is 20.9. The number of hydrogen-bond donors (Lipinski definition) is 1. The molecule has 0 radical (unpaired) electrons. The van der Waals surface area contributed by atoms with Crippen LogP contribution in [0.5, 0.6) is 0 Å². The van der Waals surface area contributed by atoms with Gasteiger partial charge in [0.15, 0.2) is 0 Å². The zero-order valence-corrected chi connectivity index (χ0v) is 12.0. The number of nitrogens with zero attached hydrogens (tertiary/aromatic N) is 2. The van der Waals surface area contributed by atoms with Crippen LogP contribution in [-0.4, -0.2) is 43.5 Å². The Hall–Kier alpha value is -1.39. The summed E-state index contributed by atoms with van der Waals surface area (Å²) in [5.41, 5.74) is 9.01. The van der Waals surface area contributed by atoms with Crippen molar-refractivity contribution in [3.63, 3.8) is 0 Å². The molecule has 0 saturated carbocycles. The lowest BCUT2D eigenvalue weighted by atomic mass is 10.1. The molecule has 4 heteroatoms. The van der Waals surface area contributed by atoms with E-state index in [1.807, 2.05) is 11.9 Å². The van der Waals surface area contributed by atoms with E-state index in [0.29, 0.717) is 6.54 Å². The van der Waals surface area contributed by atoms with Crippen LogP contribution in [0.25, 0.3) is 0 Å². The lowest BCUT2D eigenvalue weighted by molar-refractivity contribution is -0.125. The molecule has 1 heterocycles. The van der Waals surface area contributed by atoms with Gasteiger partial charge in [0.1, 0.15) is 0 Å². The molecule has 0 aromatic heterocycles. The minimum atomic E-state index is -0.0837. The lowest BCUT2D eigenvalue weighted by Crippen LogP contribution is -2.56. The number of aryl methyl sites for hydroxylation is 2. The van der Waals surface area contributed by atoms with Gasteiger partial charge in [0.25, 0.3) is 0 Å². The Morgan fingerprint density at radius 3 is 2.42 bits per heavy atom. The Bertz CT molecular complexity index is 452. The Kier molecular flexibility index (Phi) is 4.22. The quantitative estimate of drug-likeness (QED) is 0.892. The molecule has 0 spiro atoms. The predicted molar refractivity (Wildman–Crippen MR) is 78.4 cm³/mol. The van der Waals surface area contributed by atoms with Crippen molar-refractivity contribution >= 4 is 11.6 Å². The summed E-state index contributed by atoms with van der Waals surface area (Å²) >= 11 is 0. The van der Waals surface area contributed by atoms with Crippen LogP contribution >= 0.6 is 0 Å². The van der Waals surface area contributed by atoms with Crippen LogP contribution in [0.2, 0.25) is 0 Å². The Balaban J connectivity index is 2.27. The number of carbonyl (C=O) groups excluding carboxylic acids is 1. The molecule has 1 atom stereocenters. The molecule has 1 amide bonds. The van der Waals surface area contributed by atoms with Crippen molar-refractivity contribution in [2.75, 3.05) is 31.6 Å². The molecule has 19 heavy (non-hydrogen) atoms. The fraction of sp³-hybridized carbons (Fsp3) is 0.533. The Labute approximate surface area is 115 Å². The number of amides is 1. The molecular weight excluding hydrogens is 238 g/mol. The molecule has 0 bridgehead atoms. The third kappa shape index (κ3) is 2.96. The highest BCUT2D eigenvalue weighted by Crippen LogP contribution is 2.23. The maximum atomic E-state index is 12.6. The number of piperazine rings is 1. The van der Waals surface area contributed by atoms with E-state index in [0.717, 1.165) is 25.2 Å². The smallest absolute Gasteiger partial charge is 0.244 e. The molecule has 4 nitrogen and oxygen atoms in total. The monoisotopic (exact) mass is 261 g/mol. The SMILES string of the molecule is Cc1cc(C)cc(N2CCN(C)C(CCN)C2=O)c1. The van der Waals surface area contributed by atoms with Crippen molar-refractivity contribution in [2.24, 2.45) is 5.73 Å². The molecular formula is C15H23N3O. The Morgan fingerprint density at radius 2 is 1.84 bits per heavy atom. The van der Waals surface area contributed by atoms with Crippen LogP contribution in [0.4, 0.5) is 5.69 Å². The summed E-state index contributed by atoms with van der Waals surface area (Å²) in [4.78, 5) is 16.6. The number of rotatable bonds is 3. The first kappa shape index (κ1) is 14.0. The molecule has 1 aliphatic heterocycles. The second kappa shape index (κ2) is 5.72. The van der Waals surface area contributed by atoms with E-state index in [1.165, 1.54) is 11.1 Å². The predicted octanol–water partition coefficient (Wildman–Crippen LogP) is 1.30. The fourth-order valence-corrected chi connectivity index (χ4v) is 2.76. The lowest BCUT2D eigenvalue weighted by Gasteiger charge is -2.38. The van der Waals surface area contributed by atoms with E-state index in [-0.39, 0.29) is 11.9 Å². The summed E-state index contributed by atoms with van der Waals surface area (Å²) in [6.45, 7) is 6.31. The van der Waals surface area contributed by atoms with Gasteiger partial charge in [-0.15, -0.1) is 0 Å². The van der Waals surface area contributed by atoms with Gasteiger partial charge in [-0.1, -0.05) is 6.07 Å². The molecule has 1 unspecified atom stereocenters. The van der Waals surface area contributed by atoms with E-state index < -0.39 is 0 Å². The average molecular weight is 261 g/mol. The van der Waals surface area contributed by atoms with E-state index >= 15 is 0 Å². The fourth-order valence-electron chi connectivity index (χ4n) is 2.76. The summed E-state index contributed by atoms with van der Waals surface area (Å²) < 4.78 is 0. The zero-order chi connectivity index (χ0) is 14.0. The van der Waals surface area contributed by atoms with Crippen LogP contribution in [-0.2, 0) is 4.79 Å². The van der Waals surface area contributed by atoms with Crippen molar-refractivity contribution in [1.29, 1.82) is 0 Å². The van der Waals surface area contributed by atoms with Gasteiger partial charge in [-0.25, -0.2) is 0 Å². The third-order valence-corrected chi connectivity index (χ3v) is 3.72. The van der Waals surface area contributed by atoms with E-state index in [2.05, 4.69) is 36.9 Å². The number of carbonyl (C=O) groups is 1. The van der Waals surface area contributed by atoms with Crippen LogP contribution in [0.3, 0.4) is 0 Å². The molecule has 1 aliphatic rings. The summed E-state index contributed by atoms with van der Waals surface area (Å²) in [5, 5.41) is 0. The van der Waals surface area contributed by atoms with Crippen LogP contribution in [0.15, 0.2) is 18.2 Å². The van der Waals surface area contributed by atoms with Gasteiger partial charge in [-0.2, -0.15) is 0 Å². The van der Waals surface area contributed by atoms with Crippen LogP contribution in [0, 0.1) is 13.8 Å². The van der Waals surface area contributed by atoms with Gasteiger partial charge in [-0.05, 0) is 57.1 Å². The first-order chi connectivity index (χ1) is 9.02. The minimum Gasteiger partial charge on any atom is -0.330 e. The van der Waals surface area contributed by atoms with Crippen molar-refractivity contribution < 1.29 is 4.79 Å². The second-order valence-electron chi connectivity index (χ2n) is 5.41. The van der Waals surface area contributed by atoms with Gasteiger partial charge in [0.05, 0.1) is 6.04 Å². The average Bonchev–Trinajstić information content (AvgIpc) is 2.33. The van der Waals surface area contributed by atoms with E-state index in [1.54, 1.807) is 0 Å². The van der Waals surface area contributed by atoms with Gasteiger partial charge in [0, 0.05) is 18.8 Å². The molecule has 2 N–H and O–H groups in total. The Morgan fingerprint density at radius 1 is 1.21 bits per heavy atom. The number of nitrogens with two attached hydrogens (primary N) is 1. The summed E-state index contributed by atoms with van der Waals surface area (Å²) in [7, 11) is 2.00. The number of benzene rings is 1. The topological polar surface area (TPSA) is 49.6 Å². The molecule has 1 fully saturated rings. The van der Waals surface area contributed by atoms with Crippen molar-refractivity contribution in [3.05, 3.63) is 29.3 Å². The highest BCUT2D eigenvalue weighted by molar-refractivity contribution is 5.98. The van der Waals surface area contributed by atoms with Gasteiger partial charge in [0.2, 0.25) is 5.91 Å². The van der Waals surface area contributed by atoms with Crippen molar-refractivity contribution in [3.8, 4) is 0 Å². The molecule has 0 aliphatic carbocycles. The van der Waals surface area contributed by atoms with E-state index in [9.17, 15) is 4.79 Å². The van der Waals surface area contributed by atoms with Gasteiger partial charge >= 0.3 is 0 Å². The first-order valence-electron chi connectivity index (χ1n) is 6.83. The standard InChI is InChI=1S/C15H23N3O/c1-11-8-12(2)10-13(9-11)18-7-6-17(3)14(4-5-16)15(18)19/h8-10,14H,4-7,16H2,1-3H3. The first-order valence-corrected chi connectivity index (χ1v) is 6.83. The van der Waals surface area contributed by atoms with Crippen molar-refractivity contribution in [1.82, 2.24) is 4.90 Å². The maximum absolute atomic E-state index is 12.6. The summed E-state index contributed by atoms with van der Waals surface area (Å²) in [6, 6.07) is 6.20. The zero-order valence-electron chi connectivity index (χ0n) is 12.0. The second-order valence-corrected chi connectivity index (χ2v) is 5.41. The number of hydrogen-bond acceptors (Lipinski definition) is 3. The highest BCUT2D eigenvalue weighted by atomic mass is 16.2. The molecule has 1 aromatic carbocycles. The molecule has 104 valence electrons. The molecule has 1 aromatic rings. The molecule has 1 saturated heterocycles. The van der Waals surface area contributed by atoms with Crippen molar-refractivity contribution in [2.45, 2.75) is 26.3 Å². The van der Waals surface area contributed by atoms with Crippen LogP contribution < -0.4 is 10.6 Å². The van der Waals surface area contributed by atoms with Crippen LogP contribution in [0.1, 0.15) is 17.5 Å². The number of anilines is 1. The third-order valence-electron chi connectivity index (χ3n) is 3.72. The molecule has 2 rings (SSSR count). The highest BCUT2D eigenvalue weighted by Gasteiger charge is 2.32. The summed E-state index contributed by atoms with van der Waals surface area (Å²) in [5.74, 6) is 0.171. The van der Waals surface area contributed by atoms with Gasteiger partial charge in [-0.3, -0.25) is 9.69 Å².